The molecule has 6 nitrogen and oxygen atoms in total. The summed E-state index contributed by atoms with van der Waals surface area (Å²) >= 11 is 0. The molecule has 0 atom stereocenters. The molecule has 4 N–H and O–H groups in total. The van der Waals surface area contributed by atoms with Gasteiger partial charge in [-0.25, -0.2) is 0 Å². The fourth-order valence-electron chi connectivity index (χ4n) is 2.42. The van der Waals surface area contributed by atoms with Gasteiger partial charge in [-0.15, -0.1) is 12.4 Å². The van der Waals surface area contributed by atoms with E-state index in [9.17, 15) is 0 Å². The Bertz CT molecular complexity index is 581. The number of nitrogens with one attached hydrogen (secondary N) is 2. The number of nitrogen functional groups attached to an aromatic ring is 1. The molecule has 110 valence electrons. The highest BCUT2D eigenvalue weighted by Crippen LogP contribution is 2.34. The Morgan fingerprint density at radius 3 is 2.75 bits per heavy atom. The summed E-state index contributed by atoms with van der Waals surface area (Å²) in [5.41, 5.74) is 6.73. The van der Waals surface area contributed by atoms with Crippen molar-refractivity contribution in [2.45, 2.75) is 18.9 Å². The van der Waals surface area contributed by atoms with Crippen molar-refractivity contribution >= 4 is 29.1 Å². The van der Waals surface area contributed by atoms with Gasteiger partial charge < -0.3 is 20.5 Å². The average Bonchev–Trinajstić information content (AvgIpc) is 2.81. The Morgan fingerprint density at radius 2 is 2.05 bits per heavy atom. The quantitative estimate of drug-likeness (QED) is 0.803. The van der Waals surface area contributed by atoms with Crippen LogP contribution in [0.15, 0.2) is 12.1 Å². The number of benzene rings is 1. The molecule has 1 aliphatic heterocycles. The van der Waals surface area contributed by atoms with Gasteiger partial charge in [0.25, 0.3) is 0 Å². The van der Waals surface area contributed by atoms with E-state index >= 15 is 0 Å². The summed E-state index contributed by atoms with van der Waals surface area (Å²) in [5, 5.41) is 11.1. The number of aromatic nitrogens is 2. The molecule has 3 rings (SSSR count). The lowest BCUT2D eigenvalue weighted by Crippen LogP contribution is -2.34. The normalized spacial score (nSPS) is 15.8. The van der Waals surface area contributed by atoms with Crippen molar-refractivity contribution in [2.75, 3.05) is 25.9 Å². The second-order valence-corrected chi connectivity index (χ2v) is 4.72. The molecule has 2 aromatic rings. The third kappa shape index (κ3) is 2.76. The van der Waals surface area contributed by atoms with E-state index in [1.165, 1.54) is 0 Å². The lowest BCUT2D eigenvalue weighted by atomic mass is 10.1. The highest BCUT2D eigenvalue weighted by molar-refractivity contribution is 5.95. The summed E-state index contributed by atoms with van der Waals surface area (Å²) in [6.07, 6.45) is 2.21. The van der Waals surface area contributed by atoms with E-state index < -0.39 is 0 Å². The van der Waals surface area contributed by atoms with E-state index in [4.69, 9.17) is 15.2 Å². The van der Waals surface area contributed by atoms with Crippen molar-refractivity contribution in [3.05, 3.63) is 12.1 Å². The first kappa shape index (κ1) is 14.7. The monoisotopic (exact) mass is 298 g/mol. The number of rotatable bonds is 3. The predicted octanol–water partition coefficient (Wildman–Crippen LogP) is 1.71. The Balaban J connectivity index is 0.00000147. The molecule has 0 bridgehead atoms. The van der Waals surface area contributed by atoms with E-state index in [2.05, 4.69) is 15.5 Å². The van der Waals surface area contributed by atoms with Crippen LogP contribution in [0, 0.1) is 0 Å². The number of halogens is 1. The van der Waals surface area contributed by atoms with Gasteiger partial charge in [0.1, 0.15) is 17.6 Å². The van der Waals surface area contributed by atoms with E-state index in [0.29, 0.717) is 5.82 Å². The van der Waals surface area contributed by atoms with E-state index in [0.717, 1.165) is 48.3 Å². The van der Waals surface area contributed by atoms with Gasteiger partial charge in [0.15, 0.2) is 5.82 Å². The van der Waals surface area contributed by atoms with Crippen molar-refractivity contribution in [3.63, 3.8) is 0 Å². The van der Waals surface area contributed by atoms with Gasteiger partial charge in [-0.05, 0) is 25.9 Å². The minimum atomic E-state index is 0. The van der Waals surface area contributed by atoms with Gasteiger partial charge in [-0.3, -0.25) is 5.10 Å². The lowest BCUT2D eigenvalue weighted by Gasteiger charge is -2.24. The molecule has 7 heteroatoms. The van der Waals surface area contributed by atoms with Gasteiger partial charge in [-0.2, -0.15) is 5.10 Å². The van der Waals surface area contributed by atoms with Crippen LogP contribution in [0.5, 0.6) is 11.5 Å². The van der Waals surface area contributed by atoms with Gasteiger partial charge in [0, 0.05) is 12.1 Å². The molecule has 0 aliphatic carbocycles. The molecule has 2 heterocycles. The Labute approximate surface area is 123 Å². The fourth-order valence-corrected chi connectivity index (χ4v) is 2.42. The van der Waals surface area contributed by atoms with E-state index in [1.807, 2.05) is 12.1 Å². The molecule has 1 saturated heterocycles. The number of methoxy groups -OCH3 is 1. The minimum absolute atomic E-state index is 0. The summed E-state index contributed by atoms with van der Waals surface area (Å²) < 4.78 is 11.4. The lowest BCUT2D eigenvalue weighted by molar-refractivity contribution is 0.164. The number of H-pyrrole nitrogens is 1. The molecule has 1 aromatic carbocycles. The highest BCUT2D eigenvalue weighted by Gasteiger charge is 2.18. The van der Waals surface area contributed by atoms with Crippen molar-refractivity contribution in [3.8, 4) is 11.5 Å². The van der Waals surface area contributed by atoms with Gasteiger partial charge in [0.2, 0.25) is 0 Å². The number of anilines is 1. The van der Waals surface area contributed by atoms with Crippen LogP contribution in [0.3, 0.4) is 0 Å². The number of fused-ring (bicyclic) bond motifs is 1. The number of ether oxygens (including phenoxy) is 2. The third-order valence-corrected chi connectivity index (χ3v) is 3.44. The van der Waals surface area contributed by atoms with Gasteiger partial charge in [-0.1, -0.05) is 0 Å². The second-order valence-electron chi connectivity index (χ2n) is 4.72. The van der Waals surface area contributed by atoms with E-state index in [1.54, 1.807) is 7.11 Å². The summed E-state index contributed by atoms with van der Waals surface area (Å²) in [4.78, 5) is 0. The summed E-state index contributed by atoms with van der Waals surface area (Å²) in [6.45, 7) is 1.97. The molecule has 0 radical (unpaired) electrons. The SMILES string of the molecule is COc1cc(OC2CCNCC2)c2c(N)n[nH]c2c1.Cl. The number of hydrogen-bond acceptors (Lipinski definition) is 5. The molecule has 0 unspecified atom stereocenters. The molecule has 1 fully saturated rings. The first-order chi connectivity index (χ1) is 9.28. The summed E-state index contributed by atoms with van der Waals surface area (Å²) in [6, 6.07) is 3.74. The summed E-state index contributed by atoms with van der Waals surface area (Å²) in [7, 11) is 1.63. The zero-order valence-electron chi connectivity index (χ0n) is 11.3. The van der Waals surface area contributed by atoms with Crippen LogP contribution in [0.2, 0.25) is 0 Å². The average molecular weight is 299 g/mol. The first-order valence-corrected chi connectivity index (χ1v) is 6.47. The standard InChI is InChI=1S/C13H18N4O2.ClH/c1-18-9-6-10-12(13(14)17-16-10)11(7-9)19-8-2-4-15-5-3-8;/h6-8,15H,2-5H2,1H3,(H3,14,16,17);1H. The number of piperidine rings is 1. The topological polar surface area (TPSA) is 85.2 Å². The molecular formula is C13H19ClN4O2. The predicted molar refractivity (Wildman–Crippen MR) is 80.8 cm³/mol. The zero-order chi connectivity index (χ0) is 13.2. The minimum Gasteiger partial charge on any atom is -0.497 e. The number of nitrogens with zero attached hydrogens (tertiary/aromatic N) is 1. The molecule has 1 aromatic heterocycles. The van der Waals surface area contributed by atoms with Crippen LogP contribution in [0.25, 0.3) is 10.9 Å². The number of nitrogens with two attached hydrogens (primary N) is 1. The van der Waals surface area contributed by atoms with Crippen LogP contribution in [-0.2, 0) is 0 Å². The maximum absolute atomic E-state index is 6.09. The maximum atomic E-state index is 6.09. The smallest absolute Gasteiger partial charge is 0.156 e. The number of hydrogen-bond donors (Lipinski definition) is 3. The van der Waals surface area contributed by atoms with Crippen LogP contribution in [0.4, 0.5) is 5.82 Å². The third-order valence-electron chi connectivity index (χ3n) is 3.44. The molecule has 20 heavy (non-hydrogen) atoms. The fraction of sp³-hybridized carbons (Fsp3) is 0.462. The van der Waals surface area contributed by atoms with Crippen molar-refractivity contribution in [2.24, 2.45) is 0 Å². The summed E-state index contributed by atoms with van der Waals surface area (Å²) in [5.74, 6) is 1.94. The van der Waals surface area contributed by atoms with Crippen LogP contribution < -0.4 is 20.5 Å². The Morgan fingerprint density at radius 1 is 1.30 bits per heavy atom. The largest absolute Gasteiger partial charge is 0.497 e. The molecule has 1 aliphatic rings. The first-order valence-electron chi connectivity index (χ1n) is 6.47. The van der Waals surface area contributed by atoms with Crippen molar-refractivity contribution in [1.82, 2.24) is 15.5 Å². The second kappa shape index (κ2) is 6.19. The van der Waals surface area contributed by atoms with E-state index in [-0.39, 0.29) is 18.5 Å². The molecule has 0 saturated carbocycles. The van der Waals surface area contributed by atoms with Crippen molar-refractivity contribution < 1.29 is 9.47 Å². The molecule has 0 spiro atoms. The van der Waals surface area contributed by atoms with Gasteiger partial charge >= 0.3 is 0 Å². The number of aromatic amines is 1. The maximum Gasteiger partial charge on any atom is 0.156 e. The zero-order valence-corrected chi connectivity index (χ0v) is 12.1. The van der Waals surface area contributed by atoms with Crippen molar-refractivity contribution in [1.29, 1.82) is 0 Å². The van der Waals surface area contributed by atoms with Crippen LogP contribution in [0.1, 0.15) is 12.8 Å². The van der Waals surface area contributed by atoms with Crippen LogP contribution in [-0.4, -0.2) is 36.5 Å². The highest BCUT2D eigenvalue weighted by atomic mass is 35.5. The molecule has 0 amide bonds. The molecular weight excluding hydrogens is 280 g/mol. The Hall–Kier alpha value is -1.66. The Kier molecular flexibility index (Phi) is 4.57. The van der Waals surface area contributed by atoms with Crippen LogP contribution >= 0.6 is 12.4 Å². The van der Waals surface area contributed by atoms with Gasteiger partial charge in [0.05, 0.1) is 18.0 Å².